The van der Waals surface area contributed by atoms with Crippen molar-refractivity contribution in [1.29, 1.82) is 0 Å². The second-order valence-electron chi connectivity index (χ2n) is 3.27. The third kappa shape index (κ3) is 2.42. The molecule has 15 heavy (non-hydrogen) atoms. The largest absolute Gasteiger partial charge is 0.309 e. The number of anilines is 1. The van der Waals surface area contributed by atoms with Gasteiger partial charge in [-0.2, -0.15) is 0 Å². The minimum Gasteiger partial charge on any atom is -0.309 e. The van der Waals surface area contributed by atoms with E-state index < -0.39 is 0 Å². The Morgan fingerprint density at radius 1 is 1.47 bits per heavy atom. The molecule has 0 aliphatic carbocycles. The maximum atomic E-state index is 11.7. The number of carbonyl (C=O) groups excluding carboxylic acids is 1. The summed E-state index contributed by atoms with van der Waals surface area (Å²) >= 11 is 10.1. The average molecular weight is 399 g/mol. The van der Waals surface area contributed by atoms with Gasteiger partial charge in [0.2, 0.25) is 5.91 Å². The smallest absolute Gasteiger partial charge is 0.228 e. The Hall–Kier alpha value is 0.0600. The Kier molecular flexibility index (Phi) is 3.47. The van der Waals surface area contributed by atoms with Crippen LogP contribution < -0.4 is 4.90 Å². The second kappa shape index (κ2) is 4.51. The van der Waals surface area contributed by atoms with E-state index in [1.54, 1.807) is 11.1 Å². The maximum Gasteiger partial charge on any atom is 0.228 e. The molecule has 3 nitrogen and oxygen atoms in total. The normalized spacial score (nSPS) is 21.1. The molecule has 80 valence electrons. The Labute approximate surface area is 113 Å². The molecule has 0 bridgehead atoms. The van der Waals surface area contributed by atoms with E-state index in [9.17, 15) is 4.79 Å². The molecule has 1 aromatic rings. The SMILES string of the molecule is O=C1CC(Br)CN1c1cc(Br)cnc1Br. The number of halogens is 3. The molecule has 6 heteroatoms. The molecule has 2 rings (SSSR count). The summed E-state index contributed by atoms with van der Waals surface area (Å²) in [5.74, 6) is 0.123. The number of pyridine rings is 1. The van der Waals surface area contributed by atoms with E-state index in [0.717, 1.165) is 10.2 Å². The van der Waals surface area contributed by atoms with Gasteiger partial charge in [0.05, 0.1) is 5.69 Å². The van der Waals surface area contributed by atoms with Crippen LogP contribution in [0.15, 0.2) is 21.3 Å². The first kappa shape index (κ1) is 11.5. The molecule has 1 aromatic heterocycles. The van der Waals surface area contributed by atoms with E-state index in [-0.39, 0.29) is 10.7 Å². The first-order valence-electron chi connectivity index (χ1n) is 4.33. The zero-order valence-corrected chi connectivity index (χ0v) is 12.3. The van der Waals surface area contributed by atoms with Crippen LogP contribution in [0, 0.1) is 0 Å². The van der Waals surface area contributed by atoms with Gasteiger partial charge in [0.15, 0.2) is 0 Å². The first-order valence-corrected chi connectivity index (χ1v) is 6.83. The van der Waals surface area contributed by atoms with Gasteiger partial charge >= 0.3 is 0 Å². The summed E-state index contributed by atoms with van der Waals surface area (Å²) < 4.78 is 1.56. The van der Waals surface area contributed by atoms with Crippen molar-refractivity contribution >= 4 is 59.4 Å². The minimum atomic E-state index is 0.123. The lowest BCUT2D eigenvalue weighted by molar-refractivity contribution is -0.117. The van der Waals surface area contributed by atoms with Gasteiger partial charge in [-0.1, -0.05) is 15.9 Å². The number of hydrogen-bond donors (Lipinski definition) is 0. The highest BCUT2D eigenvalue weighted by molar-refractivity contribution is 9.11. The first-order chi connectivity index (χ1) is 7.08. The van der Waals surface area contributed by atoms with Gasteiger partial charge in [0.1, 0.15) is 4.60 Å². The van der Waals surface area contributed by atoms with Gasteiger partial charge in [-0.25, -0.2) is 4.98 Å². The predicted molar refractivity (Wildman–Crippen MR) is 69.3 cm³/mol. The van der Waals surface area contributed by atoms with Crippen LogP contribution in [0.25, 0.3) is 0 Å². The van der Waals surface area contributed by atoms with Crippen molar-refractivity contribution in [2.45, 2.75) is 11.2 Å². The Bertz CT molecular complexity index is 410. The summed E-state index contributed by atoms with van der Waals surface area (Å²) in [5, 5.41) is 0. The fourth-order valence-corrected chi connectivity index (χ4v) is 2.81. The van der Waals surface area contributed by atoms with Crippen molar-refractivity contribution in [2.24, 2.45) is 0 Å². The fourth-order valence-electron chi connectivity index (χ4n) is 1.50. The third-order valence-electron chi connectivity index (χ3n) is 2.16. The Morgan fingerprint density at radius 3 is 2.80 bits per heavy atom. The number of hydrogen-bond acceptors (Lipinski definition) is 2. The number of alkyl halides is 1. The summed E-state index contributed by atoms with van der Waals surface area (Å²) in [6.45, 7) is 0.690. The minimum absolute atomic E-state index is 0.123. The Balaban J connectivity index is 2.37. The molecule has 1 unspecified atom stereocenters. The van der Waals surface area contributed by atoms with Crippen LogP contribution in [0.1, 0.15) is 6.42 Å². The molecule has 0 N–H and O–H groups in total. The molecule has 1 amide bonds. The molecule has 0 aromatic carbocycles. The second-order valence-corrected chi connectivity index (χ2v) is 6.23. The molecule has 1 fully saturated rings. The molecule has 1 atom stereocenters. The van der Waals surface area contributed by atoms with Crippen LogP contribution in [0.4, 0.5) is 5.69 Å². The molecule has 1 aliphatic heterocycles. The number of nitrogens with zero attached hydrogens (tertiary/aromatic N) is 2. The molecule has 2 heterocycles. The van der Waals surface area contributed by atoms with Gasteiger partial charge in [0.25, 0.3) is 0 Å². The highest BCUT2D eigenvalue weighted by Crippen LogP contribution is 2.31. The van der Waals surface area contributed by atoms with E-state index in [4.69, 9.17) is 0 Å². The molecule has 1 saturated heterocycles. The average Bonchev–Trinajstić information content (AvgIpc) is 2.50. The van der Waals surface area contributed by atoms with Crippen LogP contribution in [0.3, 0.4) is 0 Å². The summed E-state index contributed by atoms with van der Waals surface area (Å²) in [5.41, 5.74) is 0.816. The van der Waals surface area contributed by atoms with E-state index in [1.807, 2.05) is 6.07 Å². The van der Waals surface area contributed by atoms with Crippen LogP contribution >= 0.6 is 47.8 Å². The topological polar surface area (TPSA) is 33.2 Å². The van der Waals surface area contributed by atoms with E-state index in [0.29, 0.717) is 17.6 Å². The lowest BCUT2D eigenvalue weighted by Crippen LogP contribution is -2.25. The van der Waals surface area contributed by atoms with Gasteiger partial charge in [-0.15, -0.1) is 0 Å². The van der Waals surface area contributed by atoms with Crippen molar-refractivity contribution in [1.82, 2.24) is 4.98 Å². The number of carbonyl (C=O) groups is 1. The van der Waals surface area contributed by atoms with Gasteiger partial charge in [-0.05, 0) is 37.9 Å². The summed E-state index contributed by atoms with van der Waals surface area (Å²) in [7, 11) is 0. The van der Waals surface area contributed by atoms with Crippen LogP contribution in [-0.2, 0) is 4.79 Å². The lowest BCUT2D eigenvalue weighted by atomic mass is 10.4. The standard InChI is InChI=1S/C9H7Br3N2O/c10-5-1-7(9(12)13-3-5)14-4-6(11)2-8(14)15/h1,3,6H,2,4H2. The molecule has 1 aliphatic rings. The zero-order chi connectivity index (χ0) is 11.0. The predicted octanol–water partition coefficient (Wildman–Crippen LogP) is 3.11. The van der Waals surface area contributed by atoms with Gasteiger partial charge < -0.3 is 4.90 Å². The monoisotopic (exact) mass is 396 g/mol. The lowest BCUT2D eigenvalue weighted by Gasteiger charge is -2.17. The summed E-state index contributed by atoms with van der Waals surface area (Å²) in [6, 6.07) is 1.89. The third-order valence-corrected chi connectivity index (χ3v) is 3.81. The fraction of sp³-hybridized carbons (Fsp3) is 0.333. The van der Waals surface area contributed by atoms with Crippen molar-refractivity contribution < 1.29 is 4.79 Å². The van der Waals surface area contributed by atoms with Gasteiger partial charge in [-0.3, -0.25) is 4.79 Å². The molecule has 0 radical (unpaired) electrons. The molecular weight excluding hydrogens is 392 g/mol. The van der Waals surface area contributed by atoms with Crippen LogP contribution in [0.5, 0.6) is 0 Å². The molecular formula is C9H7Br3N2O. The van der Waals surface area contributed by atoms with Crippen molar-refractivity contribution in [3.05, 3.63) is 21.3 Å². The zero-order valence-electron chi connectivity index (χ0n) is 7.58. The number of rotatable bonds is 1. The Morgan fingerprint density at radius 2 is 2.20 bits per heavy atom. The van der Waals surface area contributed by atoms with Crippen molar-refractivity contribution in [3.63, 3.8) is 0 Å². The van der Waals surface area contributed by atoms with E-state index >= 15 is 0 Å². The van der Waals surface area contributed by atoms with E-state index in [1.165, 1.54) is 0 Å². The van der Waals surface area contributed by atoms with Gasteiger partial charge in [0, 0.05) is 28.5 Å². The quantitative estimate of drug-likeness (QED) is 0.538. The summed E-state index contributed by atoms with van der Waals surface area (Å²) in [4.78, 5) is 17.8. The van der Waals surface area contributed by atoms with Crippen LogP contribution in [-0.4, -0.2) is 22.3 Å². The van der Waals surface area contributed by atoms with Crippen LogP contribution in [0.2, 0.25) is 0 Å². The number of aromatic nitrogens is 1. The van der Waals surface area contributed by atoms with E-state index in [2.05, 4.69) is 52.8 Å². The highest BCUT2D eigenvalue weighted by atomic mass is 79.9. The molecule has 0 saturated carbocycles. The maximum absolute atomic E-state index is 11.7. The van der Waals surface area contributed by atoms with Crippen molar-refractivity contribution in [2.75, 3.05) is 11.4 Å². The van der Waals surface area contributed by atoms with Crippen molar-refractivity contribution in [3.8, 4) is 0 Å². The molecule has 0 spiro atoms. The highest BCUT2D eigenvalue weighted by Gasteiger charge is 2.30. The summed E-state index contributed by atoms with van der Waals surface area (Å²) in [6.07, 6.45) is 2.23. The number of amides is 1.